The van der Waals surface area contributed by atoms with Crippen LogP contribution in [0.3, 0.4) is 0 Å². The lowest BCUT2D eigenvalue weighted by atomic mass is 9.75. The summed E-state index contributed by atoms with van der Waals surface area (Å²) in [5.41, 5.74) is -0.220. The van der Waals surface area contributed by atoms with Crippen LogP contribution in [0.4, 0.5) is 0 Å². The lowest BCUT2D eigenvalue weighted by Crippen LogP contribution is -2.39. The Kier molecular flexibility index (Phi) is 3.62. The van der Waals surface area contributed by atoms with E-state index >= 15 is 0 Å². The third-order valence-corrected chi connectivity index (χ3v) is 3.97. The second-order valence-corrected chi connectivity index (χ2v) is 5.37. The molecule has 2 fully saturated rings. The molecule has 16 heavy (non-hydrogen) atoms. The summed E-state index contributed by atoms with van der Waals surface area (Å²) in [6.07, 6.45) is 5.19. The van der Waals surface area contributed by atoms with Crippen LogP contribution in [-0.2, 0) is 4.79 Å². The normalized spacial score (nSPS) is 35.1. The minimum Gasteiger partial charge on any atom is -0.389 e. The third-order valence-electron chi connectivity index (χ3n) is 3.97. The number of β-amino-alcohol motifs (C(OH)–C–C–N with tert-alkyl or cyclic N) is 2. The summed E-state index contributed by atoms with van der Waals surface area (Å²) in [7, 11) is 0. The predicted octanol–water partition coefficient (Wildman–Crippen LogP) is 0.173. The fourth-order valence-electron chi connectivity index (χ4n) is 2.99. The van der Waals surface area contributed by atoms with Gasteiger partial charge >= 0.3 is 0 Å². The average Bonchev–Trinajstić information content (AvgIpc) is 2.59. The maximum atomic E-state index is 11.3. The van der Waals surface area contributed by atoms with E-state index in [9.17, 15) is 15.0 Å². The van der Waals surface area contributed by atoms with Gasteiger partial charge in [-0.05, 0) is 12.8 Å². The Balaban J connectivity index is 1.94. The van der Waals surface area contributed by atoms with E-state index < -0.39 is 12.2 Å². The van der Waals surface area contributed by atoms with Crippen molar-refractivity contribution < 1.29 is 15.0 Å². The maximum Gasteiger partial charge on any atom is 0.127 e. The number of aldehydes is 1. The van der Waals surface area contributed by atoms with Crippen LogP contribution in [0.25, 0.3) is 0 Å². The molecule has 0 spiro atoms. The van der Waals surface area contributed by atoms with Gasteiger partial charge in [-0.3, -0.25) is 4.90 Å². The first-order valence-electron chi connectivity index (χ1n) is 6.20. The summed E-state index contributed by atoms with van der Waals surface area (Å²) in [4.78, 5) is 13.3. The van der Waals surface area contributed by atoms with Crippen molar-refractivity contribution in [1.29, 1.82) is 0 Å². The molecule has 1 aliphatic heterocycles. The highest BCUT2D eigenvalue weighted by molar-refractivity contribution is 5.60. The predicted molar refractivity (Wildman–Crippen MR) is 60.0 cm³/mol. The Morgan fingerprint density at radius 3 is 2.19 bits per heavy atom. The van der Waals surface area contributed by atoms with Crippen molar-refractivity contribution in [3.05, 3.63) is 0 Å². The number of carbonyl (C=O) groups is 1. The number of likely N-dealkylation sites (tertiary alicyclic amines) is 1. The Labute approximate surface area is 96.3 Å². The molecule has 1 saturated heterocycles. The fourth-order valence-corrected chi connectivity index (χ4v) is 2.99. The molecule has 1 heterocycles. The summed E-state index contributed by atoms with van der Waals surface area (Å²) >= 11 is 0. The van der Waals surface area contributed by atoms with Crippen molar-refractivity contribution in [1.82, 2.24) is 4.90 Å². The van der Waals surface area contributed by atoms with Gasteiger partial charge in [0.15, 0.2) is 0 Å². The molecule has 0 amide bonds. The van der Waals surface area contributed by atoms with Crippen molar-refractivity contribution in [3.63, 3.8) is 0 Å². The zero-order valence-electron chi connectivity index (χ0n) is 9.64. The largest absolute Gasteiger partial charge is 0.389 e. The minimum absolute atomic E-state index is 0.220. The van der Waals surface area contributed by atoms with E-state index in [0.29, 0.717) is 19.6 Å². The first-order chi connectivity index (χ1) is 7.65. The Morgan fingerprint density at radius 2 is 1.69 bits per heavy atom. The molecule has 92 valence electrons. The number of rotatable bonds is 3. The van der Waals surface area contributed by atoms with Crippen molar-refractivity contribution in [2.45, 2.75) is 44.3 Å². The van der Waals surface area contributed by atoms with Gasteiger partial charge in [0.25, 0.3) is 0 Å². The highest BCUT2D eigenvalue weighted by Gasteiger charge is 2.38. The van der Waals surface area contributed by atoms with E-state index in [1.165, 1.54) is 6.42 Å². The molecule has 1 saturated carbocycles. The highest BCUT2D eigenvalue weighted by atomic mass is 16.3. The summed E-state index contributed by atoms with van der Waals surface area (Å²) in [6, 6.07) is 0. The first kappa shape index (κ1) is 12.0. The molecule has 2 unspecified atom stereocenters. The molecule has 2 rings (SSSR count). The summed E-state index contributed by atoms with van der Waals surface area (Å²) < 4.78 is 0. The van der Waals surface area contributed by atoms with E-state index in [1.807, 2.05) is 4.90 Å². The summed E-state index contributed by atoms with van der Waals surface area (Å²) in [5.74, 6) is 0. The van der Waals surface area contributed by atoms with Gasteiger partial charge in [0.1, 0.15) is 6.29 Å². The summed E-state index contributed by atoms with van der Waals surface area (Å²) in [6.45, 7) is 1.69. The van der Waals surface area contributed by atoms with Crippen molar-refractivity contribution in [2.24, 2.45) is 5.41 Å². The van der Waals surface area contributed by atoms with E-state index in [0.717, 1.165) is 32.0 Å². The Morgan fingerprint density at radius 1 is 1.12 bits per heavy atom. The number of aliphatic hydroxyl groups excluding tert-OH is 2. The van der Waals surface area contributed by atoms with Crippen molar-refractivity contribution >= 4 is 6.29 Å². The quantitative estimate of drug-likeness (QED) is 0.675. The van der Waals surface area contributed by atoms with E-state index in [4.69, 9.17) is 0 Å². The first-order valence-corrected chi connectivity index (χ1v) is 6.20. The fraction of sp³-hybridized carbons (Fsp3) is 0.917. The van der Waals surface area contributed by atoms with Crippen LogP contribution in [0.5, 0.6) is 0 Å². The van der Waals surface area contributed by atoms with Gasteiger partial charge in [-0.15, -0.1) is 0 Å². The molecule has 0 bridgehead atoms. The molecule has 2 aliphatic rings. The average molecular weight is 227 g/mol. The van der Waals surface area contributed by atoms with Crippen molar-refractivity contribution in [3.8, 4) is 0 Å². The second kappa shape index (κ2) is 4.82. The molecule has 0 radical (unpaired) electrons. The van der Waals surface area contributed by atoms with Gasteiger partial charge in [-0.25, -0.2) is 0 Å². The van der Waals surface area contributed by atoms with Crippen LogP contribution >= 0.6 is 0 Å². The van der Waals surface area contributed by atoms with Gasteiger partial charge in [-0.1, -0.05) is 19.3 Å². The van der Waals surface area contributed by atoms with Crippen LogP contribution in [0.1, 0.15) is 32.1 Å². The van der Waals surface area contributed by atoms with Crippen LogP contribution in [-0.4, -0.2) is 53.2 Å². The zero-order valence-corrected chi connectivity index (χ0v) is 9.64. The van der Waals surface area contributed by atoms with Gasteiger partial charge in [-0.2, -0.15) is 0 Å². The molecule has 2 N–H and O–H groups in total. The second-order valence-electron chi connectivity index (χ2n) is 5.37. The molecule has 1 aliphatic carbocycles. The van der Waals surface area contributed by atoms with E-state index in [2.05, 4.69) is 0 Å². The van der Waals surface area contributed by atoms with Gasteiger partial charge in [0.2, 0.25) is 0 Å². The lowest BCUT2D eigenvalue weighted by Gasteiger charge is -2.35. The van der Waals surface area contributed by atoms with Gasteiger partial charge in [0.05, 0.1) is 12.2 Å². The maximum absolute atomic E-state index is 11.3. The summed E-state index contributed by atoms with van der Waals surface area (Å²) in [5, 5.41) is 18.9. The standard InChI is InChI=1S/C12H21NO3/c14-9-12(4-2-1-3-5-12)8-13-6-10(15)11(16)7-13/h9-11,15-16H,1-8H2. The number of nitrogens with zero attached hydrogens (tertiary/aromatic N) is 1. The van der Waals surface area contributed by atoms with Crippen LogP contribution < -0.4 is 0 Å². The van der Waals surface area contributed by atoms with Gasteiger partial charge < -0.3 is 15.0 Å². The molecular formula is C12H21NO3. The van der Waals surface area contributed by atoms with Crippen LogP contribution in [0.2, 0.25) is 0 Å². The Bertz CT molecular complexity index is 241. The number of aliphatic hydroxyl groups is 2. The van der Waals surface area contributed by atoms with Crippen molar-refractivity contribution in [2.75, 3.05) is 19.6 Å². The Hall–Kier alpha value is -0.450. The molecule has 0 aromatic carbocycles. The SMILES string of the molecule is O=CC1(CN2CC(O)C(O)C2)CCCCC1. The molecular weight excluding hydrogens is 206 g/mol. The van der Waals surface area contributed by atoms with E-state index in [1.54, 1.807) is 0 Å². The number of carbonyl (C=O) groups excluding carboxylic acids is 1. The monoisotopic (exact) mass is 227 g/mol. The smallest absolute Gasteiger partial charge is 0.127 e. The topological polar surface area (TPSA) is 60.8 Å². The van der Waals surface area contributed by atoms with Gasteiger partial charge in [0, 0.05) is 25.0 Å². The molecule has 4 nitrogen and oxygen atoms in total. The third kappa shape index (κ3) is 2.44. The van der Waals surface area contributed by atoms with Crippen LogP contribution in [0.15, 0.2) is 0 Å². The molecule has 0 aromatic heterocycles. The van der Waals surface area contributed by atoms with E-state index in [-0.39, 0.29) is 5.41 Å². The molecule has 0 aromatic rings. The number of hydrogen-bond acceptors (Lipinski definition) is 4. The minimum atomic E-state index is -0.646. The number of hydrogen-bond donors (Lipinski definition) is 2. The molecule has 2 atom stereocenters. The van der Waals surface area contributed by atoms with Crippen LogP contribution in [0, 0.1) is 5.41 Å². The lowest BCUT2D eigenvalue weighted by molar-refractivity contribution is -0.119. The molecule has 4 heteroatoms. The highest BCUT2D eigenvalue weighted by Crippen LogP contribution is 2.35. The zero-order chi connectivity index (χ0) is 11.6.